The zero-order valence-corrected chi connectivity index (χ0v) is 19.3. The first kappa shape index (κ1) is 22.7. The first-order valence-electron chi connectivity index (χ1n) is 10.0. The molecule has 1 aliphatic rings. The Morgan fingerprint density at radius 2 is 1.65 bits per heavy atom. The van der Waals surface area contributed by atoms with Gasteiger partial charge in [-0.15, -0.1) is 0 Å². The molecule has 0 saturated heterocycles. The van der Waals surface area contributed by atoms with E-state index in [2.05, 4.69) is 17.4 Å². The molecule has 0 bridgehead atoms. The topological polar surface area (TPSA) is 84.9 Å². The third kappa shape index (κ3) is 4.39. The van der Waals surface area contributed by atoms with E-state index in [1.54, 1.807) is 19.1 Å². The fourth-order valence-electron chi connectivity index (χ4n) is 3.63. The van der Waals surface area contributed by atoms with Crippen LogP contribution in [-0.2, 0) is 21.2 Å². The van der Waals surface area contributed by atoms with Crippen LogP contribution in [0.5, 0.6) is 11.5 Å². The van der Waals surface area contributed by atoms with Crippen LogP contribution in [0.4, 0.5) is 5.69 Å². The van der Waals surface area contributed by atoms with Crippen LogP contribution in [0.3, 0.4) is 0 Å². The molecule has 1 N–H and O–H groups in total. The second-order valence-electron chi connectivity index (χ2n) is 7.50. The predicted octanol–water partition coefficient (Wildman–Crippen LogP) is 3.27. The van der Waals surface area contributed by atoms with Crippen molar-refractivity contribution in [3.63, 3.8) is 0 Å². The van der Waals surface area contributed by atoms with Gasteiger partial charge in [-0.1, -0.05) is 29.8 Å². The lowest BCUT2D eigenvalue weighted by atomic mass is 10.0. The fraction of sp³-hybridized carbons (Fsp3) is 0.348. The van der Waals surface area contributed by atoms with Gasteiger partial charge >= 0.3 is 0 Å². The molecule has 7 nitrogen and oxygen atoms in total. The molecule has 1 heterocycles. The molecular weight excluding hydrogens is 416 g/mol. The van der Waals surface area contributed by atoms with Crippen LogP contribution in [0.25, 0.3) is 5.57 Å². The van der Waals surface area contributed by atoms with Gasteiger partial charge < -0.3 is 14.8 Å². The monoisotopic (exact) mass is 444 g/mol. The molecule has 0 unspecified atom stereocenters. The van der Waals surface area contributed by atoms with Crippen LogP contribution in [-0.4, -0.2) is 42.1 Å². The van der Waals surface area contributed by atoms with E-state index in [-0.39, 0.29) is 4.91 Å². The molecule has 8 heteroatoms. The number of carbonyl (C=O) groups excluding carboxylic acids is 1. The number of amides is 1. The molecule has 0 aliphatic carbocycles. The van der Waals surface area contributed by atoms with E-state index < -0.39 is 15.9 Å². The summed E-state index contributed by atoms with van der Waals surface area (Å²) < 4.78 is 38.0. The molecule has 0 radical (unpaired) electrons. The number of hydrogen-bond acceptors (Lipinski definition) is 5. The predicted molar refractivity (Wildman–Crippen MR) is 122 cm³/mol. The third-order valence-electron chi connectivity index (χ3n) is 5.46. The van der Waals surface area contributed by atoms with Gasteiger partial charge in [0.25, 0.3) is 15.9 Å². The molecule has 31 heavy (non-hydrogen) atoms. The molecule has 0 spiro atoms. The van der Waals surface area contributed by atoms with Crippen molar-refractivity contribution in [3.05, 3.63) is 58.0 Å². The van der Waals surface area contributed by atoms with E-state index in [9.17, 15) is 13.2 Å². The van der Waals surface area contributed by atoms with Crippen LogP contribution in [0.2, 0.25) is 0 Å². The number of aryl methyl sites for hydroxylation is 2. The second-order valence-corrected chi connectivity index (χ2v) is 9.40. The summed E-state index contributed by atoms with van der Waals surface area (Å²) in [5.41, 5.74) is 3.80. The Labute approximate surface area is 183 Å². The van der Waals surface area contributed by atoms with E-state index >= 15 is 0 Å². The highest BCUT2D eigenvalue weighted by molar-refractivity contribution is 7.97. The van der Waals surface area contributed by atoms with Crippen LogP contribution in [0.1, 0.15) is 30.0 Å². The van der Waals surface area contributed by atoms with Crippen molar-refractivity contribution in [2.24, 2.45) is 0 Å². The minimum atomic E-state index is -4.00. The van der Waals surface area contributed by atoms with Crippen LogP contribution < -0.4 is 19.1 Å². The Morgan fingerprint density at radius 3 is 2.26 bits per heavy atom. The molecule has 0 fully saturated rings. The van der Waals surface area contributed by atoms with E-state index in [0.29, 0.717) is 41.3 Å². The van der Waals surface area contributed by atoms with Crippen molar-refractivity contribution in [2.75, 3.05) is 32.1 Å². The van der Waals surface area contributed by atoms with Gasteiger partial charge in [0.15, 0.2) is 16.4 Å². The molecule has 2 aromatic carbocycles. The number of anilines is 1. The smallest absolute Gasteiger partial charge is 0.269 e. The lowest BCUT2D eigenvalue weighted by molar-refractivity contribution is -0.116. The Kier molecular flexibility index (Phi) is 6.59. The van der Waals surface area contributed by atoms with E-state index in [0.717, 1.165) is 10.7 Å². The SMILES string of the molecule is COc1cc2c(cc1OC)N(C)S(=O)(=O)C(C(=O)NCCCc1ccc(C)cc1)=C2C. The van der Waals surface area contributed by atoms with E-state index in [1.165, 1.54) is 32.4 Å². The highest BCUT2D eigenvalue weighted by Gasteiger charge is 2.38. The van der Waals surface area contributed by atoms with E-state index in [4.69, 9.17) is 9.47 Å². The molecule has 3 rings (SSSR count). The summed E-state index contributed by atoms with van der Waals surface area (Å²) in [6.45, 7) is 4.05. The first-order chi connectivity index (χ1) is 14.7. The summed E-state index contributed by atoms with van der Waals surface area (Å²) in [4.78, 5) is 12.6. The summed E-state index contributed by atoms with van der Waals surface area (Å²) in [6, 6.07) is 11.5. The summed E-state index contributed by atoms with van der Waals surface area (Å²) in [6.07, 6.45) is 1.50. The Balaban J connectivity index is 1.83. The molecule has 0 aromatic heterocycles. The van der Waals surface area contributed by atoms with Crippen molar-refractivity contribution in [3.8, 4) is 11.5 Å². The molecule has 166 valence electrons. The second kappa shape index (κ2) is 9.01. The zero-order chi connectivity index (χ0) is 22.8. The van der Waals surface area contributed by atoms with Crippen LogP contribution >= 0.6 is 0 Å². The van der Waals surface area contributed by atoms with Gasteiger partial charge in [0, 0.05) is 25.2 Å². The van der Waals surface area contributed by atoms with Gasteiger partial charge in [0.05, 0.1) is 19.9 Å². The van der Waals surface area contributed by atoms with Crippen molar-refractivity contribution >= 4 is 27.2 Å². The minimum Gasteiger partial charge on any atom is -0.493 e. The van der Waals surface area contributed by atoms with Crippen molar-refractivity contribution in [2.45, 2.75) is 26.7 Å². The Morgan fingerprint density at radius 1 is 1.03 bits per heavy atom. The third-order valence-corrected chi connectivity index (χ3v) is 7.38. The first-order valence-corrected chi connectivity index (χ1v) is 11.4. The fourth-order valence-corrected chi connectivity index (χ4v) is 5.12. The largest absolute Gasteiger partial charge is 0.493 e. The summed E-state index contributed by atoms with van der Waals surface area (Å²) in [5, 5.41) is 2.76. The number of fused-ring (bicyclic) bond motifs is 1. The van der Waals surface area contributed by atoms with Crippen LogP contribution in [0, 0.1) is 6.92 Å². The Hall–Kier alpha value is -3.00. The van der Waals surface area contributed by atoms with E-state index in [1.807, 2.05) is 19.1 Å². The van der Waals surface area contributed by atoms with Gasteiger partial charge in [0.1, 0.15) is 0 Å². The van der Waals surface area contributed by atoms with Crippen molar-refractivity contribution < 1.29 is 22.7 Å². The number of nitrogens with one attached hydrogen (secondary N) is 1. The van der Waals surface area contributed by atoms with Gasteiger partial charge in [-0.25, -0.2) is 8.42 Å². The van der Waals surface area contributed by atoms with Gasteiger partial charge in [0.2, 0.25) is 0 Å². The average Bonchev–Trinajstić information content (AvgIpc) is 2.75. The molecular formula is C23H28N2O5S. The summed E-state index contributed by atoms with van der Waals surface area (Å²) in [5.74, 6) is 0.278. The lowest BCUT2D eigenvalue weighted by Crippen LogP contribution is -2.39. The zero-order valence-electron chi connectivity index (χ0n) is 18.5. The lowest BCUT2D eigenvalue weighted by Gasteiger charge is -2.30. The number of methoxy groups -OCH3 is 2. The van der Waals surface area contributed by atoms with Gasteiger partial charge in [-0.05, 0) is 43.9 Å². The average molecular weight is 445 g/mol. The number of hydrogen-bond donors (Lipinski definition) is 1. The molecule has 1 aliphatic heterocycles. The highest BCUT2D eigenvalue weighted by Crippen LogP contribution is 2.44. The van der Waals surface area contributed by atoms with Crippen LogP contribution in [0.15, 0.2) is 41.3 Å². The van der Waals surface area contributed by atoms with Crippen molar-refractivity contribution in [1.29, 1.82) is 0 Å². The number of sulfonamides is 1. The summed E-state index contributed by atoms with van der Waals surface area (Å²) in [7, 11) is 0.424. The maximum atomic E-state index is 13.1. The van der Waals surface area contributed by atoms with Gasteiger partial charge in [-0.3, -0.25) is 9.10 Å². The quantitative estimate of drug-likeness (QED) is 0.663. The minimum absolute atomic E-state index is 0.245. The number of benzene rings is 2. The number of allylic oxidation sites excluding steroid dienone is 1. The van der Waals surface area contributed by atoms with Gasteiger partial charge in [-0.2, -0.15) is 0 Å². The number of ether oxygens (including phenoxy) is 2. The summed E-state index contributed by atoms with van der Waals surface area (Å²) >= 11 is 0. The molecule has 1 amide bonds. The maximum Gasteiger partial charge on any atom is 0.269 e. The number of nitrogens with zero attached hydrogens (tertiary/aromatic N) is 1. The maximum absolute atomic E-state index is 13.1. The highest BCUT2D eigenvalue weighted by atomic mass is 32.2. The number of carbonyl (C=O) groups is 1. The molecule has 2 aromatic rings. The Bertz CT molecular complexity index is 1120. The standard InChI is InChI=1S/C23H28N2O5S/c1-15-8-10-17(11-9-15)7-6-12-24-23(26)22-16(2)18-13-20(29-4)21(30-5)14-19(18)25(3)31(22,27)28/h8-11,13-14H,6-7,12H2,1-5H3,(H,24,26). The normalized spacial score (nSPS) is 14.8. The van der Waals surface area contributed by atoms with Crippen molar-refractivity contribution in [1.82, 2.24) is 5.32 Å². The molecule has 0 saturated carbocycles. The number of rotatable bonds is 7. The molecule has 0 atom stereocenters.